The normalized spacial score (nSPS) is 15.9. The molecule has 0 spiro atoms. The number of hydrogen-bond acceptors (Lipinski definition) is 3. The maximum Gasteiger partial charge on any atom is 0.0738 e. The van der Waals surface area contributed by atoms with Crippen LogP contribution in [0.2, 0.25) is 0 Å². The van der Waals surface area contributed by atoms with Crippen molar-refractivity contribution in [2.24, 2.45) is 11.8 Å². The van der Waals surface area contributed by atoms with Crippen LogP contribution in [0.25, 0.3) is 0 Å². The second-order valence-electron chi connectivity index (χ2n) is 4.15. The Bertz CT molecular complexity index is 128. The Labute approximate surface area is 88.4 Å². The summed E-state index contributed by atoms with van der Waals surface area (Å²) < 4.78 is 5.63. The van der Waals surface area contributed by atoms with E-state index >= 15 is 0 Å². The maximum atomic E-state index is 5.63. The minimum Gasteiger partial charge on any atom is -0.377 e. The number of hydrazine groups is 1. The van der Waals surface area contributed by atoms with E-state index in [1.165, 1.54) is 6.42 Å². The molecule has 86 valence electrons. The molecule has 0 amide bonds. The molecule has 3 heteroatoms. The van der Waals surface area contributed by atoms with Crippen LogP contribution >= 0.6 is 0 Å². The smallest absolute Gasteiger partial charge is 0.0738 e. The van der Waals surface area contributed by atoms with Crippen LogP contribution in [0.3, 0.4) is 0 Å². The average Bonchev–Trinajstić information content (AvgIpc) is 2.16. The largest absolute Gasteiger partial charge is 0.377 e. The zero-order valence-corrected chi connectivity index (χ0v) is 10.0. The van der Waals surface area contributed by atoms with Crippen LogP contribution in [0.5, 0.6) is 0 Å². The zero-order valence-electron chi connectivity index (χ0n) is 10.0. The standard InChI is InChI=1S/C11H26N2O/c1-5-11(14-6-2)10(13-12)8-7-9(3)4/h9-11,13H,5-8,12H2,1-4H3. The third kappa shape index (κ3) is 5.58. The molecule has 0 aromatic carbocycles. The Morgan fingerprint density at radius 1 is 1.21 bits per heavy atom. The lowest BCUT2D eigenvalue weighted by Gasteiger charge is -2.26. The minimum atomic E-state index is 0.253. The van der Waals surface area contributed by atoms with Crippen LogP contribution in [0.1, 0.15) is 47.0 Å². The van der Waals surface area contributed by atoms with Gasteiger partial charge < -0.3 is 4.74 Å². The van der Waals surface area contributed by atoms with Gasteiger partial charge in [-0.1, -0.05) is 20.8 Å². The summed E-state index contributed by atoms with van der Waals surface area (Å²) in [6.07, 6.45) is 3.55. The van der Waals surface area contributed by atoms with Crippen molar-refractivity contribution < 1.29 is 4.74 Å². The maximum absolute atomic E-state index is 5.63. The van der Waals surface area contributed by atoms with Crippen molar-refractivity contribution in [3.63, 3.8) is 0 Å². The average molecular weight is 202 g/mol. The van der Waals surface area contributed by atoms with Gasteiger partial charge in [-0.05, 0) is 32.1 Å². The topological polar surface area (TPSA) is 47.3 Å². The first-order valence-electron chi connectivity index (χ1n) is 5.73. The summed E-state index contributed by atoms with van der Waals surface area (Å²) in [5, 5.41) is 0. The molecule has 0 aliphatic heterocycles. The zero-order chi connectivity index (χ0) is 11.0. The highest BCUT2D eigenvalue weighted by atomic mass is 16.5. The molecule has 0 aromatic heterocycles. The predicted molar refractivity (Wildman–Crippen MR) is 60.9 cm³/mol. The number of nitrogens with two attached hydrogens (primary N) is 1. The highest BCUT2D eigenvalue weighted by molar-refractivity contribution is 4.74. The molecule has 0 radical (unpaired) electrons. The summed E-state index contributed by atoms with van der Waals surface area (Å²) in [7, 11) is 0. The summed E-state index contributed by atoms with van der Waals surface area (Å²) in [4.78, 5) is 0. The number of nitrogens with one attached hydrogen (secondary N) is 1. The van der Waals surface area contributed by atoms with E-state index in [1.54, 1.807) is 0 Å². The van der Waals surface area contributed by atoms with Crippen LogP contribution in [-0.4, -0.2) is 18.8 Å². The minimum absolute atomic E-state index is 0.253. The van der Waals surface area contributed by atoms with E-state index in [4.69, 9.17) is 10.6 Å². The molecule has 0 aliphatic rings. The van der Waals surface area contributed by atoms with E-state index in [1.807, 2.05) is 6.92 Å². The van der Waals surface area contributed by atoms with Gasteiger partial charge in [-0.3, -0.25) is 11.3 Å². The molecule has 0 bridgehead atoms. The van der Waals surface area contributed by atoms with Gasteiger partial charge in [0, 0.05) is 12.6 Å². The van der Waals surface area contributed by atoms with Gasteiger partial charge in [0.1, 0.15) is 0 Å². The molecule has 0 saturated heterocycles. The molecule has 0 rings (SSSR count). The van der Waals surface area contributed by atoms with Gasteiger partial charge in [0.2, 0.25) is 0 Å². The fourth-order valence-corrected chi connectivity index (χ4v) is 1.62. The SMILES string of the molecule is CCOC(CC)C(CCC(C)C)NN. The quantitative estimate of drug-likeness (QED) is 0.468. The Balaban J connectivity index is 3.94. The van der Waals surface area contributed by atoms with Crippen molar-refractivity contribution in [2.45, 2.75) is 59.1 Å². The molecule has 14 heavy (non-hydrogen) atoms. The molecule has 2 unspecified atom stereocenters. The van der Waals surface area contributed by atoms with E-state index < -0.39 is 0 Å². The van der Waals surface area contributed by atoms with Gasteiger partial charge in [0.25, 0.3) is 0 Å². The van der Waals surface area contributed by atoms with Gasteiger partial charge in [-0.15, -0.1) is 0 Å². The number of ether oxygens (including phenoxy) is 1. The molecule has 0 fully saturated rings. The molecular weight excluding hydrogens is 176 g/mol. The van der Waals surface area contributed by atoms with E-state index in [2.05, 4.69) is 26.2 Å². The molecule has 0 aromatic rings. The Morgan fingerprint density at radius 3 is 2.21 bits per heavy atom. The van der Waals surface area contributed by atoms with Crippen molar-refractivity contribution in [3.8, 4) is 0 Å². The highest BCUT2D eigenvalue weighted by Crippen LogP contribution is 2.13. The van der Waals surface area contributed by atoms with Crippen LogP contribution in [0, 0.1) is 5.92 Å². The first kappa shape index (κ1) is 13.9. The van der Waals surface area contributed by atoms with Crippen LogP contribution in [-0.2, 0) is 4.74 Å². The van der Waals surface area contributed by atoms with E-state index in [-0.39, 0.29) is 6.10 Å². The summed E-state index contributed by atoms with van der Waals surface area (Å²) in [5.41, 5.74) is 2.87. The van der Waals surface area contributed by atoms with E-state index in [0.717, 1.165) is 25.4 Å². The van der Waals surface area contributed by atoms with Crippen molar-refractivity contribution in [1.29, 1.82) is 0 Å². The number of rotatable bonds is 8. The fraction of sp³-hybridized carbons (Fsp3) is 1.00. The first-order chi connectivity index (χ1) is 6.65. The Hall–Kier alpha value is -0.120. The molecule has 0 heterocycles. The monoisotopic (exact) mass is 202 g/mol. The summed E-state index contributed by atoms with van der Waals surface area (Å²) in [6, 6.07) is 0.294. The van der Waals surface area contributed by atoms with Gasteiger partial charge >= 0.3 is 0 Å². The van der Waals surface area contributed by atoms with E-state index in [9.17, 15) is 0 Å². The highest BCUT2D eigenvalue weighted by Gasteiger charge is 2.18. The summed E-state index contributed by atoms with van der Waals surface area (Å²) >= 11 is 0. The van der Waals surface area contributed by atoms with Crippen LogP contribution < -0.4 is 11.3 Å². The van der Waals surface area contributed by atoms with Gasteiger partial charge in [-0.2, -0.15) is 0 Å². The fourth-order valence-electron chi connectivity index (χ4n) is 1.62. The molecular formula is C11H26N2O. The summed E-state index contributed by atoms with van der Waals surface area (Å²) in [5.74, 6) is 6.26. The molecule has 2 atom stereocenters. The second-order valence-corrected chi connectivity index (χ2v) is 4.15. The van der Waals surface area contributed by atoms with Gasteiger partial charge in [0.15, 0.2) is 0 Å². The molecule has 0 saturated carbocycles. The third-order valence-electron chi connectivity index (χ3n) is 2.50. The predicted octanol–water partition coefficient (Wildman–Crippen LogP) is 2.07. The first-order valence-corrected chi connectivity index (χ1v) is 5.73. The van der Waals surface area contributed by atoms with Crippen molar-refractivity contribution >= 4 is 0 Å². The van der Waals surface area contributed by atoms with Crippen molar-refractivity contribution in [3.05, 3.63) is 0 Å². The lowest BCUT2D eigenvalue weighted by Crippen LogP contribution is -2.45. The van der Waals surface area contributed by atoms with Crippen molar-refractivity contribution in [1.82, 2.24) is 5.43 Å². The van der Waals surface area contributed by atoms with Gasteiger partial charge in [-0.25, -0.2) is 0 Å². The van der Waals surface area contributed by atoms with Crippen molar-refractivity contribution in [2.75, 3.05) is 6.61 Å². The Kier molecular flexibility index (Phi) is 8.14. The van der Waals surface area contributed by atoms with E-state index in [0.29, 0.717) is 6.04 Å². The molecule has 3 N–H and O–H groups in total. The van der Waals surface area contributed by atoms with Crippen LogP contribution in [0.15, 0.2) is 0 Å². The third-order valence-corrected chi connectivity index (χ3v) is 2.50. The van der Waals surface area contributed by atoms with Gasteiger partial charge in [0.05, 0.1) is 6.10 Å². The van der Waals surface area contributed by atoms with Crippen LogP contribution in [0.4, 0.5) is 0 Å². The molecule has 3 nitrogen and oxygen atoms in total. The lowest BCUT2D eigenvalue weighted by molar-refractivity contribution is 0.0283. The number of hydrogen-bond donors (Lipinski definition) is 2. The summed E-state index contributed by atoms with van der Waals surface area (Å²) in [6.45, 7) is 9.39. The molecule has 0 aliphatic carbocycles. The Morgan fingerprint density at radius 2 is 1.86 bits per heavy atom. The lowest BCUT2D eigenvalue weighted by atomic mass is 9.99. The second kappa shape index (κ2) is 8.21.